The molecule has 0 N–H and O–H groups in total. The molecule has 1 heterocycles. The van der Waals surface area contributed by atoms with Gasteiger partial charge in [-0.2, -0.15) is 0 Å². The molecule has 0 aliphatic rings. The van der Waals surface area contributed by atoms with Crippen LogP contribution >= 0.6 is 27.5 Å². The Labute approximate surface area is 123 Å². The molecule has 0 saturated carbocycles. The lowest BCUT2D eigenvalue weighted by Crippen LogP contribution is -1.99. The third kappa shape index (κ3) is 3.28. The van der Waals surface area contributed by atoms with Gasteiger partial charge in [-0.3, -0.25) is 0 Å². The van der Waals surface area contributed by atoms with Crippen LogP contribution in [0.1, 0.15) is 19.0 Å². The summed E-state index contributed by atoms with van der Waals surface area (Å²) in [6.45, 7) is 2.00. The van der Waals surface area contributed by atoms with E-state index in [0.29, 0.717) is 10.9 Å². The second-order valence-corrected chi connectivity index (χ2v) is 5.16. The zero-order valence-corrected chi connectivity index (χ0v) is 12.4. The molecule has 2 aromatic rings. The smallest absolute Gasteiger partial charge is 0.161 e. The third-order valence-electron chi connectivity index (χ3n) is 2.49. The summed E-state index contributed by atoms with van der Waals surface area (Å²) in [7, 11) is 0. The highest BCUT2D eigenvalue weighted by atomic mass is 79.9. The Kier molecular flexibility index (Phi) is 4.47. The van der Waals surface area contributed by atoms with E-state index in [0.717, 1.165) is 18.2 Å². The topological polar surface area (TPSA) is 25.8 Å². The molecule has 0 saturated heterocycles. The standard InChI is InChI=1S/C13H10BrClF2N2/c1-2-3-10-11(14)12(15)19-13(18-10)7-4-8(16)6-9(17)5-7/h4-6H,2-3H2,1H3. The van der Waals surface area contributed by atoms with Gasteiger partial charge in [0, 0.05) is 11.6 Å². The van der Waals surface area contributed by atoms with Gasteiger partial charge in [-0.15, -0.1) is 0 Å². The minimum Gasteiger partial charge on any atom is -0.232 e. The number of halogens is 4. The Balaban J connectivity index is 2.55. The van der Waals surface area contributed by atoms with Crippen molar-refractivity contribution in [3.05, 3.63) is 45.2 Å². The van der Waals surface area contributed by atoms with E-state index in [-0.39, 0.29) is 16.5 Å². The average Bonchev–Trinajstić information content (AvgIpc) is 2.33. The van der Waals surface area contributed by atoms with Crippen molar-refractivity contribution in [2.24, 2.45) is 0 Å². The number of nitrogens with zero attached hydrogens (tertiary/aromatic N) is 2. The van der Waals surface area contributed by atoms with Gasteiger partial charge < -0.3 is 0 Å². The van der Waals surface area contributed by atoms with Gasteiger partial charge in [-0.25, -0.2) is 18.7 Å². The predicted molar refractivity (Wildman–Crippen MR) is 74.1 cm³/mol. The molecule has 100 valence electrons. The zero-order chi connectivity index (χ0) is 14.0. The summed E-state index contributed by atoms with van der Waals surface area (Å²) in [4.78, 5) is 8.34. The van der Waals surface area contributed by atoms with E-state index in [1.54, 1.807) is 0 Å². The lowest BCUT2D eigenvalue weighted by Gasteiger charge is -2.07. The molecule has 0 aliphatic carbocycles. The van der Waals surface area contributed by atoms with Crippen LogP contribution in [0.4, 0.5) is 8.78 Å². The maximum atomic E-state index is 13.2. The van der Waals surface area contributed by atoms with Crippen LogP contribution in [-0.4, -0.2) is 9.97 Å². The van der Waals surface area contributed by atoms with Gasteiger partial charge in [0.25, 0.3) is 0 Å². The summed E-state index contributed by atoms with van der Waals surface area (Å²) < 4.78 is 27.0. The van der Waals surface area contributed by atoms with Crippen molar-refractivity contribution in [3.8, 4) is 11.4 Å². The number of hydrogen-bond acceptors (Lipinski definition) is 2. The van der Waals surface area contributed by atoms with E-state index in [1.807, 2.05) is 6.92 Å². The maximum absolute atomic E-state index is 13.2. The first-order valence-corrected chi connectivity index (χ1v) is 6.86. The second kappa shape index (κ2) is 5.92. The molecule has 0 aliphatic heterocycles. The number of rotatable bonds is 3. The molecular formula is C13H10BrClF2N2. The highest BCUT2D eigenvalue weighted by molar-refractivity contribution is 9.10. The van der Waals surface area contributed by atoms with Gasteiger partial charge in [0.1, 0.15) is 16.8 Å². The van der Waals surface area contributed by atoms with Gasteiger partial charge >= 0.3 is 0 Å². The van der Waals surface area contributed by atoms with E-state index >= 15 is 0 Å². The minimum absolute atomic E-state index is 0.218. The fourth-order valence-electron chi connectivity index (χ4n) is 1.68. The van der Waals surface area contributed by atoms with E-state index in [2.05, 4.69) is 25.9 Å². The molecule has 1 aromatic heterocycles. The first-order chi connectivity index (χ1) is 9.01. The van der Waals surface area contributed by atoms with Crippen molar-refractivity contribution in [2.45, 2.75) is 19.8 Å². The molecule has 0 fully saturated rings. The minimum atomic E-state index is -0.672. The summed E-state index contributed by atoms with van der Waals surface area (Å²) in [5.41, 5.74) is 0.992. The molecular weight excluding hydrogens is 338 g/mol. The fraction of sp³-hybridized carbons (Fsp3) is 0.231. The molecule has 0 unspecified atom stereocenters. The van der Waals surface area contributed by atoms with Crippen molar-refractivity contribution in [1.82, 2.24) is 9.97 Å². The van der Waals surface area contributed by atoms with E-state index in [1.165, 1.54) is 12.1 Å². The molecule has 2 rings (SSSR count). The normalized spacial score (nSPS) is 10.8. The summed E-state index contributed by atoms with van der Waals surface area (Å²) in [6.07, 6.45) is 1.58. The van der Waals surface area contributed by atoms with E-state index < -0.39 is 11.6 Å². The quantitative estimate of drug-likeness (QED) is 0.746. The highest BCUT2D eigenvalue weighted by Gasteiger charge is 2.13. The molecule has 6 heteroatoms. The molecule has 0 amide bonds. The summed E-state index contributed by atoms with van der Waals surface area (Å²) in [5, 5.41) is 0.234. The fourth-order valence-corrected chi connectivity index (χ4v) is 2.24. The zero-order valence-electron chi connectivity index (χ0n) is 10.1. The Bertz CT molecular complexity index is 600. The Morgan fingerprint density at radius 1 is 1.16 bits per heavy atom. The Morgan fingerprint density at radius 2 is 1.79 bits per heavy atom. The van der Waals surface area contributed by atoms with Gasteiger partial charge in [0.05, 0.1) is 10.2 Å². The summed E-state index contributed by atoms with van der Waals surface area (Å²) >= 11 is 9.31. The van der Waals surface area contributed by atoms with Crippen molar-refractivity contribution in [2.75, 3.05) is 0 Å². The van der Waals surface area contributed by atoms with Crippen molar-refractivity contribution in [1.29, 1.82) is 0 Å². The molecule has 0 radical (unpaired) electrons. The van der Waals surface area contributed by atoms with Crippen LogP contribution in [0.5, 0.6) is 0 Å². The molecule has 0 atom stereocenters. The van der Waals surface area contributed by atoms with Crippen LogP contribution in [0.25, 0.3) is 11.4 Å². The largest absolute Gasteiger partial charge is 0.232 e. The molecule has 0 bridgehead atoms. The number of aromatic nitrogens is 2. The predicted octanol–water partition coefficient (Wildman–Crippen LogP) is 4.79. The number of hydrogen-bond donors (Lipinski definition) is 0. The van der Waals surface area contributed by atoms with Crippen LogP contribution in [0.2, 0.25) is 5.15 Å². The maximum Gasteiger partial charge on any atom is 0.161 e. The lowest BCUT2D eigenvalue weighted by molar-refractivity contribution is 0.584. The van der Waals surface area contributed by atoms with Crippen LogP contribution in [0.3, 0.4) is 0 Å². The first kappa shape index (κ1) is 14.3. The van der Waals surface area contributed by atoms with Gasteiger partial charge in [0.2, 0.25) is 0 Å². The Hall–Kier alpha value is -1.07. The van der Waals surface area contributed by atoms with Crippen molar-refractivity contribution >= 4 is 27.5 Å². The summed E-state index contributed by atoms with van der Waals surface area (Å²) in [5.74, 6) is -1.13. The molecule has 2 nitrogen and oxygen atoms in total. The Morgan fingerprint density at radius 3 is 2.37 bits per heavy atom. The van der Waals surface area contributed by atoms with Crippen LogP contribution < -0.4 is 0 Å². The molecule has 19 heavy (non-hydrogen) atoms. The lowest BCUT2D eigenvalue weighted by atomic mass is 10.2. The molecule has 0 spiro atoms. The third-order valence-corrected chi connectivity index (χ3v) is 3.82. The van der Waals surface area contributed by atoms with E-state index in [4.69, 9.17) is 11.6 Å². The van der Waals surface area contributed by atoms with Crippen LogP contribution in [-0.2, 0) is 6.42 Å². The second-order valence-electron chi connectivity index (χ2n) is 4.01. The van der Waals surface area contributed by atoms with Gasteiger partial charge in [0.15, 0.2) is 5.82 Å². The van der Waals surface area contributed by atoms with Crippen molar-refractivity contribution < 1.29 is 8.78 Å². The summed E-state index contributed by atoms with van der Waals surface area (Å²) in [6, 6.07) is 3.16. The van der Waals surface area contributed by atoms with Crippen LogP contribution in [0, 0.1) is 11.6 Å². The average molecular weight is 348 g/mol. The monoisotopic (exact) mass is 346 g/mol. The van der Waals surface area contributed by atoms with E-state index in [9.17, 15) is 8.78 Å². The number of benzene rings is 1. The van der Waals surface area contributed by atoms with Gasteiger partial charge in [-0.05, 0) is 34.5 Å². The highest BCUT2D eigenvalue weighted by Crippen LogP contribution is 2.28. The van der Waals surface area contributed by atoms with Crippen LogP contribution in [0.15, 0.2) is 22.7 Å². The first-order valence-electron chi connectivity index (χ1n) is 5.69. The molecule has 1 aromatic carbocycles. The number of aryl methyl sites for hydroxylation is 1. The van der Waals surface area contributed by atoms with Gasteiger partial charge in [-0.1, -0.05) is 24.9 Å². The SMILES string of the molecule is CCCc1nc(-c2cc(F)cc(F)c2)nc(Cl)c1Br. The van der Waals surface area contributed by atoms with Crippen molar-refractivity contribution in [3.63, 3.8) is 0 Å².